The van der Waals surface area contributed by atoms with Crippen molar-refractivity contribution in [1.29, 1.82) is 0 Å². The van der Waals surface area contributed by atoms with Crippen molar-refractivity contribution in [3.8, 4) is 0 Å². The van der Waals surface area contributed by atoms with Crippen molar-refractivity contribution in [3.05, 3.63) is 66.1 Å². The van der Waals surface area contributed by atoms with Crippen molar-refractivity contribution in [1.82, 2.24) is 25.1 Å². The summed E-state index contributed by atoms with van der Waals surface area (Å²) in [7, 11) is 1.97. The maximum Gasteiger partial charge on any atom is 0.227 e. The molecule has 0 unspecified atom stereocenters. The van der Waals surface area contributed by atoms with Gasteiger partial charge in [-0.2, -0.15) is 10.1 Å². The fourth-order valence-electron chi connectivity index (χ4n) is 2.78. The predicted molar refractivity (Wildman–Crippen MR) is 102 cm³/mol. The quantitative estimate of drug-likeness (QED) is 0.576. The van der Waals surface area contributed by atoms with Crippen LogP contribution in [0.15, 0.2) is 54.9 Å². The number of anilines is 3. The number of aromatic nitrogens is 5. The number of aromatic amines is 1. The molecular weight excluding hydrogens is 326 g/mol. The number of aryl methyl sites for hydroxylation is 1. The third-order valence-electron chi connectivity index (χ3n) is 4.03. The van der Waals surface area contributed by atoms with Crippen LogP contribution in [0.4, 0.5) is 17.6 Å². The minimum atomic E-state index is 0.645. The van der Waals surface area contributed by atoms with Crippen molar-refractivity contribution in [2.75, 3.05) is 17.3 Å². The summed E-state index contributed by atoms with van der Waals surface area (Å²) in [4.78, 5) is 15.6. The van der Waals surface area contributed by atoms with Crippen LogP contribution in [-0.4, -0.2) is 32.2 Å². The molecule has 0 aliphatic heterocycles. The molecule has 130 valence electrons. The van der Waals surface area contributed by atoms with Crippen LogP contribution < -0.4 is 10.2 Å². The van der Waals surface area contributed by atoms with Gasteiger partial charge in [-0.25, -0.2) is 4.98 Å². The van der Waals surface area contributed by atoms with Gasteiger partial charge in [-0.15, -0.1) is 0 Å². The molecule has 0 aliphatic carbocycles. The van der Waals surface area contributed by atoms with Gasteiger partial charge in [0, 0.05) is 37.4 Å². The predicted octanol–water partition coefficient (Wildman–Crippen LogP) is 3.44. The first-order valence-corrected chi connectivity index (χ1v) is 8.35. The number of benzene rings is 1. The zero-order valence-corrected chi connectivity index (χ0v) is 14.6. The van der Waals surface area contributed by atoms with Crippen LogP contribution in [0.25, 0.3) is 10.9 Å². The highest BCUT2D eigenvalue weighted by molar-refractivity contribution is 5.91. The molecule has 0 spiro atoms. The molecule has 26 heavy (non-hydrogen) atoms. The molecule has 0 aliphatic rings. The smallest absolute Gasteiger partial charge is 0.227 e. The first-order valence-electron chi connectivity index (χ1n) is 8.35. The van der Waals surface area contributed by atoms with Crippen LogP contribution in [0.1, 0.15) is 11.3 Å². The highest BCUT2D eigenvalue weighted by atomic mass is 15.3. The zero-order valence-electron chi connectivity index (χ0n) is 14.6. The molecule has 0 saturated carbocycles. The molecule has 4 aromatic rings. The summed E-state index contributed by atoms with van der Waals surface area (Å²) in [6.45, 7) is 2.61. The molecule has 0 saturated heterocycles. The standard InChI is InChI=1S/C19H19N7/c1-13-10-17(25-24-13)22-18-15-7-3-4-8-16(15)21-19(23-18)26(2)12-14-6-5-9-20-11-14/h3-11H,12H2,1-2H3,(H2,21,22,23,24,25). The Morgan fingerprint density at radius 3 is 2.77 bits per heavy atom. The average Bonchev–Trinajstić information content (AvgIpc) is 3.07. The summed E-state index contributed by atoms with van der Waals surface area (Å²) in [6.07, 6.45) is 3.62. The maximum atomic E-state index is 4.74. The number of H-pyrrole nitrogens is 1. The molecule has 0 atom stereocenters. The van der Waals surface area contributed by atoms with Crippen molar-refractivity contribution in [2.45, 2.75) is 13.5 Å². The molecule has 4 rings (SSSR count). The second-order valence-electron chi connectivity index (χ2n) is 6.15. The van der Waals surface area contributed by atoms with E-state index in [1.165, 1.54) is 0 Å². The van der Waals surface area contributed by atoms with Gasteiger partial charge in [-0.05, 0) is 30.7 Å². The molecule has 3 heterocycles. The SMILES string of the molecule is Cc1cc(Nc2nc(N(C)Cc3cccnc3)nc3ccccc23)[nH]n1. The van der Waals surface area contributed by atoms with Crippen LogP contribution in [-0.2, 0) is 6.54 Å². The molecule has 0 radical (unpaired) electrons. The van der Waals surface area contributed by atoms with E-state index in [1.807, 2.05) is 67.5 Å². The number of nitrogens with one attached hydrogen (secondary N) is 2. The van der Waals surface area contributed by atoms with Crippen LogP contribution in [0, 0.1) is 6.92 Å². The van der Waals surface area contributed by atoms with E-state index in [-0.39, 0.29) is 0 Å². The van der Waals surface area contributed by atoms with E-state index < -0.39 is 0 Å². The Morgan fingerprint density at radius 1 is 1.12 bits per heavy atom. The number of rotatable bonds is 5. The van der Waals surface area contributed by atoms with Crippen LogP contribution >= 0.6 is 0 Å². The summed E-state index contributed by atoms with van der Waals surface area (Å²) in [5, 5.41) is 11.4. The number of hydrogen-bond donors (Lipinski definition) is 2. The summed E-state index contributed by atoms with van der Waals surface area (Å²) in [5.74, 6) is 2.19. The normalized spacial score (nSPS) is 10.8. The Labute approximate surface area is 151 Å². The van der Waals surface area contributed by atoms with Gasteiger partial charge in [-0.1, -0.05) is 18.2 Å². The Kier molecular flexibility index (Phi) is 4.18. The lowest BCUT2D eigenvalue weighted by molar-refractivity contribution is 0.869. The monoisotopic (exact) mass is 345 g/mol. The van der Waals surface area contributed by atoms with E-state index in [0.29, 0.717) is 12.5 Å². The molecular formula is C19H19N7. The molecule has 0 fully saturated rings. The van der Waals surface area contributed by atoms with Gasteiger partial charge in [0.05, 0.1) is 11.2 Å². The summed E-state index contributed by atoms with van der Waals surface area (Å²) in [6, 6.07) is 13.9. The Balaban J connectivity index is 1.71. The topological polar surface area (TPSA) is 82.6 Å². The van der Waals surface area contributed by atoms with Gasteiger partial charge in [0.1, 0.15) is 11.6 Å². The van der Waals surface area contributed by atoms with E-state index >= 15 is 0 Å². The summed E-state index contributed by atoms with van der Waals surface area (Å²) >= 11 is 0. The lowest BCUT2D eigenvalue weighted by atomic mass is 10.2. The van der Waals surface area contributed by atoms with Crippen molar-refractivity contribution in [3.63, 3.8) is 0 Å². The first kappa shape index (κ1) is 16.0. The van der Waals surface area contributed by atoms with E-state index in [4.69, 9.17) is 9.97 Å². The zero-order chi connectivity index (χ0) is 17.9. The second-order valence-corrected chi connectivity index (χ2v) is 6.15. The van der Waals surface area contributed by atoms with Crippen LogP contribution in [0.2, 0.25) is 0 Å². The van der Waals surface area contributed by atoms with Crippen molar-refractivity contribution >= 4 is 28.5 Å². The third-order valence-corrected chi connectivity index (χ3v) is 4.03. The molecule has 0 bridgehead atoms. The average molecular weight is 345 g/mol. The Bertz CT molecular complexity index is 1030. The lowest BCUT2D eigenvalue weighted by Crippen LogP contribution is -2.19. The van der Waals surface area contributed by atoms with Crippen molar-refractivity contribution in [2.24, 2.45) is 0 Å². The molecule has 7 heteroatoms. The van der Waals surface area contributed by atoms with Crippen molar-refractivity contribution < 1.29 is 0 Å². The highest BCUT2D eigenvalue weighted by Crippen LogP contribution is 2.26. The van der Waals surface area contributed by atoms with Gasteiger partial charge < -0.3 is 10.2 Å². The minimum absolute atomic E-state index is 0.645. The van der Waals surface area contributed by atoms with Gasteiger partial charge in [0.2, 0.25) is 5.95 Å². The number of fused-ring (bicyclic) bond motifs is 1. The van der Waals surface area contributed by atoms with E-state index in [1.54, 1.807) is 6.20 Å². The maximum absolute atomic E-state index is 4.74. The molecule has 7 nitrogen and oxygen atoms in total. The van der Waals surface area contributed by atoms with E-state index in [9.17, 15) is 0 Å². The fourth-order valence-corrected chi connectivity index (χ4v) is 2.78. The minimum Gasteiger partial charge on any atom is -0.339 e. The molecule has 3 aromatic heterocycles. The second kappa shape index (κ2) is 6.79. The van der Waals surface area contributed by atoms with Gasteiger partial charge in [-0.3, -0.25) is 10.1 Å². The summed E-state index contributed by atoms with van der Waals surface area (Å²) in [5.41, 5.74) is 2.90. The van der Waals surface area contributed by atoms with Gasteiger partial charge in [0.15, 0.2) is 0 Å². The Morgan fingerprint density at radius 2 is 2.00 bits per heavy atom. The largest absolute Gasteiger partial charge is 0.339 e. The number of nitrogens with zero attached hydrogens (tertiary/aromatic N) is 5. The Hall–Kier alpha value is -3.48. The highest BCUT2D eigenvalue weighted by Gasteiger charge is 2.12. The van der Waals surface area contributed by atoms with Gasteiger partial charge in [0.25, 0.3) is 0 Å². The number of hydrogen-bond acceptors (Lipinski definition) is 6. The molecule has 2 N–H and O–H groups in total. The van der Waals surface area contributed by atoms with Gasteiger partial charge >= 0.3 is 0 Å². The molecule has 0 amide bonds. The molecule has 1 aromatic carbocycles. The summed E-state index contributed by atoms with van der Waals surface area (Å²) < 4.78 is 0. The lowest BCUT2D eigenvalue weighted by Gasteiger charge is -2.19. The van der Waals surface area contributed by atoms with Crippen LogP contribution in [0.5, 0.6) is 0 Å². The first-order chi connectivity index (χ1) is 12.7. The number of pyridine rings is 1. The van der Waals surface area contributed by atoms with E-state index in [2.05, 4.69) is 20.5 Å². The van der Waals surface area contributed by atoms with Crippen LogP contribution in [0.3, 0.4) is 0 Å². The van der Waals surface area contributed by atoms with E-state index in [0.717, 1.165) is 33.8 Å². The third kappa shape index (κ3) is 3.32. The number of para-hydroxylation sites is 1. The fraction of sp³-hybridized carbons (Fsp3) is 0.158.